The van der Waals surface area contributed by atoms with E-state index < -0.39 is 6.10 Å². The smallest absolute Gasteiger partial charge is 0.260 e. The number of nitrogens with one attached hydrogen (secondary N) is 1. The predicted octanol–water partition coefficient (Wildman–Crippen LogP) is 3.60. The van der Waals surface area contributed by atoms with E-state index in [4.69, 9.17) is 9.47 Å². The van der Waals surface area contributed by atoms with Crippen LogP contribution >= 0.6 is 0 Å². The van der Waals surface area contributed by atoms with Crippen molar-refractivity contribution in [2.45, 2.75) is 38.8 Å². The lowest BCUT2D eigenvalue weighted by Gasteiger charge is -2.19. The molecule has 128 valence electrons. The SMILES string of the molecule is COc1ccccc1O[C@@H](C)C(=O)N[C@@H](C)CCc1ccccc1. The molecule has 0 aliphatic heterocycles. The second kappa shape index (κ2) is 8.96. The molecule has 0 aliphatic rings. The van der Waals surface area contributed by atoms with Crippen molar-refractivity contribution < 1.29 is 14.3 Å². The van der Waals surface area contributed by atoms with Crippen LogP contribution in [0.2, 0.25) is 0 Å². The lowest BCUT2D eigenvalue weighted by molar-refractivity contribution is -0.127. The van der Waals surface area contributed by atoms with Crippen LogP contribution in [-0.2, 0) is 11.2 Å². The summed E-state index contributed by atoms with van der Waals surface area (Å²) in [4.78, 5) is 12.3. The Morgan fingerprint density at radius 2 is 1.62 bits per heavy atom. The van der Waals surface area contributed by atoms with Crippen LogP contribution in [0.3, 0.4) is 0 Å². The molecule has 0 unspecified atom stereocenters. The number of para-hydroxylation sites is 2. The molecular weight excluding hydrogens is 302 g/mol. The topological polar surface area (TPSA) is 47.6 Å². The maximum Gasteiger partial charge on any atom is 0.260 e. The van der Waals surface area contributed by atoms with Crippen molar-refractivity contribution in [3.63, 3.8) is 0 Å². The van der Waals surface area contributed by atoms with E-state index in [0.29, 0.717) is 11.5 Å². The van der Waals surface area contributed by atoms with Gasteiger partial charge >= 0.3 is 0 Å². The van der Waals surface area contributed by atoms with Gasteiger partial charge in [-0.25, -0.2) is 0 Å². The van der Waals surface area contributed by atoms with Gasteiger partial charge in [-0.1, -0.05) is 42.5 Å². The van der Waals surface area contributed by atoms with Crippen LogP contribution in [-0.4, -0.2) is 25.2 Å². The Morgan fingerprint density at radius 1 is 1.00 bits per heavy atom. The van der Waals surface area contributed by atoms with Crippen LogP contribution in [0.4, 0.5) is 0 Å². The Bertz CT molecular complexity index is 642. The van der Waals surface area contributed by atoms with Crippen molar-refractivity contribution in [1.82, 2.24) is 5.32 Å². The van der Waals surface area contributed by atoms with Crippen LogP contribution < -0.4 is 14.8 Å². The number of carbonyl (C=O) groups is 1. The molecule has 0 saturated carbocycles. The van der Waals surface area contributed by atoms with Crippen LogP contribution in [0, 0.1) is 0 Å². The maximum absolute atomic E-state index is 12.3. The molecule has 0 radical (unpaired) electrons. The number of hydrogen-bond acceptors (Lipinski definition) is 3. The molecule has 1 amide bonds. The summed E-state index contributed by atoms with van der Waals surface area (Å²) in [5.41, 5.74) is 1.27. The summed E-state index contributed by atoms with van der Waals surface area (Å²) in [5, 5.41) is 3.00. The van der Waals surface area contributed by atoms with Gasteiger partial charge in [0.25, 0.3) is 5.91 Å². The average Bonchev–Trinajstić information content (AvgIpc) is 2.61. The zero-order chi connectivity index (χ0) is 17.4. The van der Waals surface area contributed by atoms with Crippen molar-refractivity contribution in [1.29, 1.82) is 0 Å². The molecule has 0 aromatic heterocycles. The Hall–Kier alpha value is -2.49. The minimum Gasteiger partial charge on any atom is -0.493 e. The summed E-state index contributed by atoms with van der Waals surface area (Å²) in [7, 11) is 1.58. The standard InChI is InChI=1S/C20H25NO3/c1-15(13-14-17-9-5-4-6-10-17)21-20(22)16(2)24-19-12-8-7-11-18(19)23-3/h4-12,15-16H,13-14H2,1-3H3,(H,21,22)/t15-,16-/m0/s1. The van der Waals surface area contributed by atoms with E-state index in [-0.39, 0.29) is 11.9 Å². The molecule has 0 fully saturated rings. The van der Waals surface area contributed by atoms with Crippen molar-refractivity contribution in [2.75, 3.05) is 7.11 Å². The summed E-state index contributed by atoms with van der Waals surface area (Å²) in [6.45, 7) is 3.75. The molecular formula is C20H25NO3. The first kappa shape index (κ1) is 17.9. The van der Waals surface area contributed by atoms with Gasteiger partial charge in [-0.15, -0.1) is 0 Å². The van der Waals surface area contributed by atoms with Gasteiger partial charge in [-0.05, 0) is 44.4 Å². The predicted molar refractivity (Wildman–Crippen MR) is 95.5 cm³/mol. The van der Waals surface area contributed by atoms with Crippen molar-refractivity contribution in [3.8, 4) is 11.5 Å². The second-order valence-corrected chi connectivity index (χ2v) is 5.84. The van der Waals surface area contributed by atoms with Crippen molar-refractivity contribution >= 4 is 5.91 Å². The molecule has 0 heterocycles. The molecule has 24 heavy (non-hydrogen) atoms. The Kier molecular flexibility index (Phi) is 6.67. The molecule has 0 bridgehead atoms. The summed E-state index contributed by atoms with van der Waals surface area (Å²) < 4.78 is 11.0. The van der Waals surface area contributed by atoms with Crippen LogP contribution in [0.25, 0.3) is 0 Å². The van der Waals surface area contributed by atoms with Gasteiger partial charge in [0.15, 0.2) is 17.6 Å². The van der Waals surface area contributed by atoms with E-state index in [1.54, 1.807) is 20.1 Å². The van der Waals surface area contributed by atoms with E-state index >= 15 is 0 Å². The summed E-state index contributed by atoms with van der Waals surface area (Å²) in [6.07, 6.45) is 1.24. The van der Waals surface area contributed by atoms with Gasteiger partial charge in [-0.2, -0.15) is 0 Å². The highest BCUT2D eigenvalue weighted by molar-refractivity contribution is 5.81. The third-order valence-electron chi connectivity index (χ3n) is 3.84. The van der Waals surface area contributed by atoms with E-state index in [1.807, 2.05) is 43.3 Å². The third kappa shape index (κ3) is 5.30. The lowest BCUT2D eigenvalue weighted by atomic mass is 10.1. The Morgan fingerprint density at radius 3 is 2.29 bits per heavy atom. The normalized spacial score (nSPS) is 13.0. The molecule has 0 spiro atoms. The molecule has 4 heteroatoms. The zero-order valence-corrected chi connectivity index (χ0v) is 14.5. The lowest BCUT2D eigenvalue weighted by Crippen LogP contribution is -2.41. The third-order valence-corrected chi connectivity index (χ3v) is 3.84. The van der Waals surface area contributed by atoms with Crippen LogP contribution in [0.5, 0.6) is 11.5 Å². The van der Waals surface area contributed by atoms with E-state index in [2.05, 4.69) is 17.4 Å². The molecule has 0 aliphatic carbocycles. The van der Waals surface area contributed by atoms with Crippen molar-refractivity contribution in [2.24, 2.45) is 0 Å². The molecule has 2 aromatic rings. The van der Waals surface area contributed by atoms with Crippen LogP contribution in [0.1, 0.15) is 25.8 Å². The largest absolute Gasteiger partial charge is 0.493 e. The second-order valence-electron chi connectivity index (χ2n) is 5.84. The molecule has 1 N–H and O–H groups in total. The van der Waals surface area contributed by atoms with Gasteiger partial charge in [0.2, 0.25) is 0 Å². The minimum absolute atomic E-state index is 0.0847. The first-order valence-electron chi connectivity index (χ1n) is 8.24. The van der Waals surface area contributed by atoms with E-state index in [0.717, 1.165) is 12.8 Å². The molecule has 2 aromatic carbocycles. The van der Waals surface area contributed by atoms with Gasteiger partial charge in [-0.3, -0.25) is 4.79 Å². The first-order valence-corrected chi connectivity index (χ1v) is 8.24. The minimum atomic E-state index is -0.583. The van der Waals surface area contributed by atoms with Crippen molar-refractivity contribution in [3.05, 3.63) is 60.2 Å². The number of methoxy groups -OCH3 is 1. The fourth-order valence-electron chi connectivity index (χ4n) is 2.42. The molecule has 0 saturated heterocycles. The number of amides is 1. The van der Waals surface area contributed by atoms with Gasteiger partial charge in [0.1, 0.15) is 0 Å². The van der Waals surface area contributed by atoms with Crippen LogP contribution in [0.15, 0.2) is 54.6 Å². The number of ether oxygens (including phenoxy) is 2. The molecule has 4 nitrogen and oxygen atoms in total. The van der Waals surface area contributed by atoms with Gasteiger partial charge < -0.3 is 14.8 Å². The summed E-state index contributed by atoms with van der Waals surface area (Å²) in [5.74, 6) is 1.07. The number of rotatable bonds is 8. The number of benzene rings is 2. The van der Waals surface area contributed by atoms with E-state index in [1.165, 1.54) is 5.56 Å². The number of hydrogen-bond donors (Lipinski definition) is 1. The van der Waals surface area contributed by atoms with Gasteiger partial charge in [0, 0.05) is 6.04 Å². The summed E-state index contributed by atoms with van der Waals surface area (Å²) >= 11 is 0. The van der Waals surface area contributed by atoms with Gasteiger partial charge in [0.05, 0.1) is 7.11 Å². The van der Waals surface area contributed by atoms with E-state index in [9.17, 15) is 4.79 Å². The maximum atomic E-state index is 12.3. The molecule has 2 atom stereocenters. The highest BCUT2D eigenvalue weighted by Gasteiger charge is 2.18. The number of aryl methyl sites for hydroxylation is 1. The molecule has 2 rings (SSSR count). The average molecular weight is 327 g/mol. The fourth-order valence-corrected chi connectivity index (χ4v) is 2.42. The Labute approximate surface area is 143 Å². The monoisotopic (exact) mass is 327 g/mol. The summed E-state index contributed by atoms with van der Waals surface area (Å²) in [6, 6.07) is 17.7. The zero-order valence-electron chi connectivity index (χ0n) is 14.5. The first-order chi connectivity index (χ1) is 11.6. The highest BCUT2D eigenvalue weighted by Crippen LogP contribution is 2.26. The quantitative estimate of drug-likeness (QED) is 0.806. The Balaban J connectivity index is 1.82. The number of carbonyl (C=O) groups excluding carboxylic acids is 1. The fraction of sp³-hybridized carbons (Fsp3) is 0.350. The highest BCUT2D eigenvalue weighted by atomic mass is 16.5.